The van der Waals surface area contributed by atoms with E-state index in [1.807, 2.05) is 18.2 Å². The normalized spacial score (nSPS) is 21.1. The Labute approximate surface area is 140 Å². The van der Waals surface area contributed by atoms with Crippen LogP contribution in [0.5, 0.6) is 5.75 Å². The van der Waals surface area contributed by atoms with E-state index in [0.29, 0.717) is 18.4 Å². The van der Waals surface area contributed by atoms with Crippen LogP contribution >= 0.6 is 0 Å². The van der Waals surface area contributed by atoms with Gasteiger partial charge in [0, 0.05) is 12.6 Å². The molecule has 0 aliphatic heterocycles. The van der Waals surface area contributed by atoms with Crippen molar-refractivity contribution in [2.45, 2.75) is 50.9 Å². The highest BCUT2D eigenvalue weighted by Gasteiger charge is 2.25. The van der Waals surface area contributed by atoms with Crippen LogP contribution in [-0.2, 0) is 13.1 Å². The van der Waals surface area contributed by atoms with E-state index in [2.05, 4.69) is 26.1 Å². The zero-order valence-electron chi connectivity index (χ0n) is 13.9. The second-order valence-corrected chi connectivity index (χ2v) is 6.34. The molecule has 24 heavy (non-hydrogen) atoms. The van der Waals surface area contributed by atoms with E-state index >= 15 is 0 Å². The summed E-state index contributed by atoms with van der Waals surface area (Å²) in [6.07, 6.45) is 3.33. The summed E-state index contributed by atoms with van der Waals surface area (Å²) >= 11 is 0. The van der Waals surface area contributed by atoms with Crippen LogP contribution in [0.25, 0.3) is 0 Å². The molecule has 0 unspecified atom stereocenters. The molecule has 0 radical (unpaired) electrons. The molecular weight excluding hydrogens is 308 g/mol. The molecule has 0 amide bonds. The van der Waals surface area contributed by atoms with E-state index in [1.54, 1.807) is 7.11 Å². The maximum atomic E-state index is 11.3. The smallest absolute Gasteiger partial charge is 0.340 e. The van der Waals surface area contributed by atoms with Gasteiger partial charge in [-0.2, -0.15) is 5.10 Å². The lowest BCUT2D eigenvalue weighted by Gasteiger charge is -2.35. The molecule has 1 aliphatic carbocycles. The molecule has 1 aromatic carbocycles. The van der Waals surface area contributed by atoms with Crippen molar-refractivity contribution >= 4 is 0 Å². The minimum absolute atomic E-state index is 0.190. The highest BCUT2D eigenvalue weighted by Crippen LogP contribution is 2.26. The lowest BCUT2D eigenvalue weighted by atomic mass is 9.91. The Bertz CT molecular complexity index is 704. The Balaban J connectivity index is 1.76. The van der Waals surface area contributed by atoms with Crippen LogP contribution in [-0.4, -0.2) is 44.4 Å². The second-order valence-electron chi connectivity index (χ2n) is 6.34. The molecule has 0 atom stereocenters. The Morgan fingerprint density at radius 3 is 2.75 bits per heavy atom. The molecular formula is C17H24N4O3. The molecule has 1 aliphatic rings. The van der Waals surface area contributed by atoms with Crippen LogP contribution < -0.4 is 10.4 Å². The molecule has 3 N–H and O–H groups in total. The first-order valence-electron chi connectivity index (χ1n) is 8.32. The van der Waals surface area contributed by atoms with Crippen LogP contribution in [0.4, 0.5) is 0 Å². The van der Waals surface area contributed by atoms with Crippen molar-refractivity contribution in [3.63, 3.8) is 0 Å². The van der Waals surface area contributed by atoms with Crippen LogP contribution in [0.3, 0.4) is 0 Å². The van der Waals surface area contributed by atoms with Gasteiger partial charge in [0.05, 0.1) is 19.8 Å². The topological polar surface area (TPSA) is 94.2 Å². The van der Waals surface area contributed by atoms with Gasteiger partial charge in [0.2, 0.25) is 0 Å². The lowest BCUT2D eigenvalue weighted by Crippen LogP contribution is -2.38. The van der Waals surface area contributed by atoms with Crippen molar-refractivity contribution in [3.8, 4) is 5.75 Å². The van der Waals surface area contributed by atoms with Crippen LogP contribution in [0, 0.1) is 0 Å². The number of H-pyrrole nitrogens is 2. The number of aliphatic hydroxyl groups excluding tert-OH is 1. The summed E-state index contributed by atoms with van der Waals surface area (Å²) in [6, 6.07) is 8.36. The highest BCUT2D eigenvalue weighted by atomic mass is 16.5. The maximum absolute atomic E-state index is 11.3. The Morgan fingerprint density at radius 2 is 2.08 bits per heavy atom. The second kappa shape index (κ2) is 7.63. The number of aromatic amines is 2. The standard InChI is InChI=1S/C17H24N4O3/c1-24-15-4-2-3-12(9-15)10-21(11-16-18-17(23)20-19-16)13-5-7-14(22)8-6-13/h2-4,9,13-14,22H,5-8,10-11H2,1H3,(H2,18,19,20,23). The zero-order valence-corrected chi connectivity index (χ0v) is 13.9. The molecule has 3 rings (SSSR count). The van der Waals surface area contributed by atoms with Gasteiger partial charge in [-0.25, -0.2) is 9.89 Å². The summed E-state index contributed by atoms with van der Waals surface area (Å²) in [5, 5.41) is 16.2. The van der Waals surface area contributed by atoms with Gasteiger partial charge in [0.25, 0.3) is 0 Å². The summed E-state index contributed by atoms with van der Waals surface area (Å²) in [6.45, 7) is 1.31. The van der Waals surface area contributed by atoms with Crippen molar-refractivity contribution < 1.29 is 9.84 Å². The fourth-order valence-corrected chi connectivity index (χ4v) is 3.32. The van der Waals surface area contributed by atoms with E-state index < -0.39 is 0 Å². The van der Waals surface area contributed by atoms with E-state index in [9.17, 15) is 9.90 Å². The summed E-state index contributed by atoms with van der Waals surface area (Å²) in [7, 11) is 1.66. The molecule has 130 valence electrons. The molecule has 7 nitrogen and oxygen atoms in total. The molecule has 1 saturated carbocycles. The number of hydrogen-bond acceptors (Lipinski definition) is 5. The third-order valence-electron chi connectivity index (χ3n) is 4.61. The van der Waals surface area contributed by atoms with Gasteiger partial charge in [-0.3, -0.25) is 9.88 Å². The van der Waals surface area contributed by atoms with Crippen molar-refractivity contribution in [2.24, 2.45) is 0 Å². The molecule has 0 spiro atoms. The van der Waals surface area contributed by atoms with E-state index in [-0.39, 0.29) is 11.8 Å². The molecule has 1 aromatic heterocycles. The molecule has 0 bridgehead atoms. The molecule has 2 aromatic rings. The third kappa shape index (κ3) is 4.24. The van der Waals surface area contributed by atoms with Crippen LogP contribution in [0.15, 0.2) is 29.1 Å². The van der Waals surface area contributed by atoms with Gasteiger partial charge in [-0.1, -0.05) is 12.1 Å². The average Bonchev–Trinajstić information content (AvgIpc) is 3.00. The largest absolute Gasteiger partial charge is 0.497 e. The summed E-state index contributed by atoms with van der Waals surface area (Å²) in [4.78, 5) is 16.3. The average molecular weight is 332 g/mol. The van der Waals surface area contributed by atoms with E-state index in [1.165, 1.54) is 0 Å². The number of nitrogens with one attached hydrogen (secondary N) is 2. The summed E-state index contributed by atoms with van der Waals surface area (Å²) in [5.41, 5.74) is 0.865. The molecule has 0 saturated heterocycles. The zero-order chi connectivity index (χ0) is 16.9. The van der Waals surface area contributed by atoms with Gasteiger partial charge in [-0.05, 0) is 43.4 Å². The van der Waals surface area contributed by atoms with E-state index in [4.69, 9.17) is 4.74 Å². The van der Waals surface area contributed by atoms with Gasteiger partial charge in [0.15, 0.2) is 0 Å². The van der Waals surface area contributed by atoms with Crippen molar-refractivity contribution in [3.05, 3.63) is 46.1 Å². The highest BCUT2D eigenvalue weighted by molar-refractivity contribution is 5.28. The predicted molar refractivity (Wildman–Crippen MR) is 89.7 cm³/mol. The predicted octanol–water partition coefficient (Wildman–Crippen LogP) is 1.41. The third-order valence-corrected chi connectivity index (χ3v) is 4.61. The van der Waals surface area contributed by atoms with Crippen molar-refractivity contribution in [1.82, 2.24) is 20.1 Å². The summed E-state index contributed by atoms with van der Waals surface area (Å²) < 4.78 is 5.30. The summed E-state index contributed by atoms with van der Waals surface area (Å²) in [5.74, 6) is 1.47. The number of rotatable bonds is 6. The Morgan fingerprint density at radius 1 is 1.29 bits per heavy atom. The van der Waals surface area contributed by atoms with Crippen molar-refractivity contribution in [1.29, 1.82) is 0 Å². The first-order valence-corrected chi connectivity index (χ1v) is 8.32. The first kappa shape index (κ1) is 16.7. The molecule has 1 fully saturated rings. The van der Waals surface area contributed by atoms with E-state index in [0.717, 1.165) is 43.5 Å². The van der Waals surface area contributed by atoms with Crippen LogP contribution in [0.1, 0.15) is 37.1 Å². The fraction of sp³-hybridized carbons (Fsp3) is 0.529. The fourth-order valence-electron chi connectivity index (χ4n) is 3.32. The Kier molecular flexibility index (Phi) is 5.32. The number of aromatic nitrogens is 3. The number of hydrogen-bond donors (Lipinski definition) is 3. The van der Waals surface area contributed by atoms with Crippen molar-refractivity contribution in [2.75, 3.05) is 7.11 Å². The quantitative estimate of drug-likeness (QED) is 0.743. The number of aliphatic hydroxyl groups is 1. The first-order chi connectivity index (χ1) is 11.6. The lowest BCUT2D eigenvalue weighted by molar-refractivity contribution is 0.0653. The SMILES string of the molecule is COc1cccc(CN(Cc2n[nH]c(=O)[nH]2)C2CCC(O)CC2)c1. The monoisotopic (exact) mass is 332 g/mol. The maximum Gasteiger partial charge on any atom is 0.340 e. The van der Waals surface area contributed by atoms with Crippen LogP contribution in [0.2, 0.25) is 0 Å². The number of methoxy groups -OCH3 is 1. The number of ether oxygens (including phenoxy) is 1. The van der Waals surface area contributed by atoms with Gasteiger partial charge < -0.3 is 9.84 Å². The van der Waals surface area contributed by atoms with Gasteiger partial charge >= 0.3 is 5.69 Å². The molecule has 7 heteroatoms. The van der Waals surface area contributed by atoms with Gasteiger partial charge in [-0.15, -0.1) is 0 Å². The minimum atomic E-state index is -0.287. The van der Waals surface area contributed by atoms with Gasteiger partial charge in [0.1, 0.15) is 11.6 Å². The minimum Gasteiger partial charge on any atom is -0.497 e. The Hall–Kier alpha value is -2.12. The molecule has 1 heterocycles. The number of benzene rings is 1. The number of nitrogens with zero attached hydrogens (tertiary/aromatic N) is 2.